The molecule has 0 radical (unpaired) electrons. The lowest BCUT2D eigenvalue weighted by Crippen LogP contribution is -2.45. The van der Waals surface area contributed by atoms with Gasteiger partial charge in [0.25, 0.3) is 0 Å². The van der Waals surface area contributed by atoms with Crippen LogP contribution in [0.4, 0.5) is 0 Å². The fourth-order valence-corrected chi connectivity index (χ4v) is 4.23. The average Bonchev–Trinajstić information content (AvgIpc) is 3.23. The van der Waals surface area contributed by atoms with Crippen molar-refractivity contribution in [3.8, 4) is 0 Å². The Morgan fingerprint density at radius 2 is 1.93 bits per heavy atom. The SMILES string of the molecule is CCCC(=O)N1CCC(C(=O)NCC(c2ccco2)N2CCCCC2)CC1. The van der Waals surface area contributed by atoms with Crippen LogP contribution in [-0.4, -0.2) is 54.3 Å². The minimum absolute atomic E-state index is 0.00860. The van der Waals surface area contributed by atoms with Gasteiger partial charge in [-0.15, -0.1) is 0 Å². The Labute approximate surface area is 162 Å². The first-order valence-electron chi connectivity index (χ1n) is 10.5. The lowest BCUT2D eigenvalue weighted by molar-refractivity contribution is -0.135. The summed E-state index contributed by atoms with van der Waals surface area (Å²) >= 11 is 0. The van der Waals surface area contributed by atoms with Crippen LogP contribution in [0.5, 0.6) is 0 Å². The molecule has 1 atom stereocenters. The molecular weight excluding hydrogens is 342 g/mol. The van der Waals surface area contributed by atoms with E-state index in [0.29, 0.717) is 26.1 Å². The Morgan fingerprint density at radius 3 is 2.56 bits per heavy atom. The van der Waals surface area contributed by atoms with E-state index in [4.69, 9.17) is 4.42 Å². The maximum atomic E-state index is 12.7. The second kappa shape index (κ2) is 9.93. The monoisotopic (exact) mass is 375 g/mol. The minimum atomic E-state index is 0.00860. The molecule has 27 heavy (non-hydrogen) atoms. The molecule has 2 fully saturated rings. The topological polar surface area (TPSA) is 65.8 Å². The van der Waals surface area contributed by atoms with Gasteiger partial charge >= 0.3 is 0 Å². The quantitative estimate of drug-likeness (QED) is 0.796. The highest BCUT2D eigenvalue weighted by Gasteiger charge is 2.29. The Hall–Kier alpha value is -1.82. The van der Waals surface area contributed by atoms with Gasteiger partial charge in [0.1, 0.15) is 5.76 Å². The van der Waals surface area contributed by atoms with Gasteiger partial charge in [0.05, 0.1) is 12.3 Å². The van der Waals surface area contributed by atoms with E-state index in [-0.39, 0.29) is 23.8 Å². The summed E-state index contributed by atoms with van der Waals surface area (Å²) in [5, 5.41) is 3.16. The van der Waals surface area contributed by atoms with Crippen LogP contribution < -0.4 is 5.32 Å². The zero-order valence-electron chi connectivity index (χ0n) is 16.5. The number of hydrogen-bond acceptors (Lipinski definition) is 4. The van der Waals surface area contributed by atoms with Crippen molar-refractivity contribution in [2.45, 2.75) is 57.9 Å². The van der Waals surface area contributed by atoms with E-state index in [9.17, 15) is 9.59 Å². The summed E-state index contributed by atoms with van der Waals surface area (Å²) in [5.41, 5.74) is 0. The van der Waals surface area contributed by atoms with Crippen molar-refractivity contribution in [2.24, 2.45) is 5.92 Å². The number of nitrogens with one attached hydrogen (secondary N) is 1. The molecule has 2 aliphatic heterocycles. The molecule has 1 unspecified atom stereocenters. The lowest BCUT2D eigenvalue weighted by atomic mass is 9.95. The molecule has 2 aliphatic rings. The largest absolute Gasteiger partial charge is 0.468 e. The average molecular weight is 376 g/mol. The summed E-state index contributed by atoms with van der Waals surface area (Å²) in [6.07, 6.45) is 8.40. The van der Waals surface area contributed by atoms with E-state index in [2.05, 4.69) is 10.2 Å². The lowest BCUT2D eigenvalue weighted by Gasteiger charge is -2.34. The second-order valence-corrected chi connectivity index (χ2v) is 7.78. The van der Waals surface area contributed by atoms with Gasteiger partial charge in [-0.25, -0.2) is 0 Å². The van der Waals surface area contributed by atoms with E-state index in [1.54, 1.807) is 6.26 Å². The van der Waals surface area contributed by atoms with Gasteiger partial charge in [-0.1, -0.05) is 13.3 Å². The van der Waals surface area contributed by atoms with Crippen LogP contribution >= 0.6 is 0 Å². The Kier molecular flexibility index (Phi) is 7.33. The van der Waals surface area contributed by atoms with Crippen molar-refractivity contribution >= 4 is 11.8 Å². The number of nitrogens with zero attached hydrogens (tertiary/aromatic N) is 2. The number of furan rings is 1. The summed E-state index contributed by atoms with van der Waals surface area (Å²) in [6.45, 7) is 6.12. The summed E-state index contributed by atoms with van der Waals surface area (Å²) in [6, 6.07) is 4.02. The van der Waals surface area contributed by atoms with Gasteiger partial charge in [0.15, 0.2) is 0 Å². The van der Waals surface area contributed by atoms with Crippen LogP contribution in [0.3, 0.4) is 0 Å². The maximum absolute atomic E-state index is 12.7. The molecule has 0 spiro atoms. The van der Waals surface area contributed by atoms with Crippen molar-refractivity contribution in [3.05, 3.63) is 24.2 Å². The molecule has 0 bridgehead atoms. The van der Waals surface area contributed by atoms with Crippen LogP contribution in [-0.2, 0) is 9.59 Å². The number of carbonyl (C=O) groups excluding carboxylic acids is 2. The molecule has 3 heterocycles. The van der Waals surface area contributed by atoms with Crippen molar-refractivity contribution in [2.75, 3.05) is 32.7 Å². The number of carbonyl (C=O) groups is 2. The number of rotatable bonds is 7. The van der Waals surface area contributed by atoms with Crippen molar-refractivity contribution in [3.63, 3.8) is 0 Å². The van der Waals surface area contributed by atoms with Gasteiger partial charge in [0, 0.05) is 32.0 Å². The third kappa shape index (κ3) is 5.34. The van der Waals surface area contributed by atoms with Gasteiger partial charge < -0.3 is 14.6 Å². The van der Waals surface area contributed by atoms with E-state index >= 15 is 0 Å². The molecular formula is C21H33N3O3. The number of piperidine rings is 2. The Morgan fingerprint density at radius 1 is 1.19 bits per heavy atom. The molecule has 6 nitrogen and oxygen atoms in total. The highest BCUT2D eigenvalue weighted by molar-refractivity contribution is 5.80. The number of amides is 2. The predicted octanol–water partition coefficient (Wildman–Crippen LogP) is 2.96. The molecule has 6 heteroatoms. The van der Waals surface area contributed by atoms with E-state index in [1.165, 1.54) is 19.3 Å². The van der Waals surface area contributed by atoms with Crippen LogP contribution in [0.15, 0.2) is 22.8 Å². The van der Waals surface area contributed by atoms with Crippen LogP contribution in [0.1, 0.15) is 63.7 Å². The van der Waals surface area contributed by atoms with E-state index < -0.39 is 0 Å². The van der Waals surface area contributed by atoms with Gasteiger partial charge in [0.2, 0.25) is 11.8 Å². The van der Waals surface area contributed by atoms with Gasteiger partial charge in [-0.05, 0) is 57.3 Å². The number of hydrogen-bond donors (Lipinski definition) is 1. The second-order valence-electron chi connectivity index (χ2n) is 7.78. The number of likely N-dealkylation sites (tertiary alicyclic amines) is 2. The van der Waals surface area contributed by atoms with Crippen molar-refractivity contribution < 1.29 is 14.0 Å². The third-order valence-electron chi connectivity index (χ3n) is 5.85. The first-order chi connectivity index (χ1) is 13.2. The molecule has 3 rings (SSSR count). The highest BCUT2D eigenvalue weighted by Crippen LogP contribution is 2.25. The predicted molar refractivity (Wildman–Crippen MR) is 104 cm³/mol. The summed E-state index contributed by atoms with van der Waals surface area (Å²) in [5.74, 6) is 1.27. The molecule has 0 saturated carbocycles. The molecule has 1 N–H and O–H groups in total. The molecule has 0 aromatic carbocycles. The summed E-state index contributed by atoms with van der Waals surface area (Å²) < 4.78 is 5.65. The smallest absolute Gasteiger partial charge is 0.223 e. The van der Waals surface area contributed by atoms with Crippen LogP contribution in [0.2, 0.25) is 0 Å². The fraction of sp³-hybridized carbons (Fsp3) is 0.714. The third-order valence-corrected chi connectivity index (χ3v) is 5.85. The zero-order chi connectivity index (χ0) is 19.1. The van der Waals surface area contributed by atoms with Gasteiger partial charge in [-0.3, -0.25) is 14.5 Å². The standard InChI is InChI=1S/C21H33N3O3/c1-2-7-20(25)24-13-9-17(10-14-24)21(26)22-16-18(19-8-6-15-27-19)23-11-4-3-5-12-23/h6,8,15,17-18H,2-5,7,9-14,16H2,1H3,(H,22,26). The molecule has 0 aliphatic carbocycles. The molecule has 1 aromatic heterocycles. The highest BCUT2D eigenvalue weighted by atomic mass is 16.3. The van der Waals surface area contributed by atoms with E-state index in [1.807, 2.05) is 24.0 Å². The molecule has 1 aromatic rings. The summed E-state index contributed by atoms with van der Waals surface area (Å²) in [4.78, 5) is 29.0. The maximum Gasteiger partial charge on any atom is 0.223 e. The van der Waals surface area contributed by atoms with Crippen molar-refractivity contribution in [1.29, 1.82) is 0 Å². The Bertz CT molecular complexity index is 588. The molecule has 150 valence electrons. The van der Waals surface area contributed by atoms with Gasteiger partial charge in [-0.2, -0.15) is 0 Å². The van der Waals surface area contributed by atoms with Crippen LogP contribution in [0.25, 0.3) is 0 Å². The molecule has 2 amide bonds. The first-order valence-corrected chi connectivity index (χ1v) is 10.5. The normalized spacial score (nSPS) is 20.4. The molecule has 2 saturated heterocycles. The fourth-order valence-electron chi connectivity index (χ4n) is 4.23. The van der Waals surface area contributed by atoms with Crippen molar-refractivity contribution in [1.82, 2.24) is 15.1 Å². The van der Waals surface area contributed by atoms with E-state index in [0.717, 1.165) is 38.1 Å². The summed E-state index contributed by atoms with van der Waals surface area (Å²) in [7, 11) is 0. The van der Waals surface area contributed by atoms with Crippen LogP contribution in [0, 0.1) is 5.92 Å². The minimum Gasteiger partial charge on any atom is -0.468 e. The first kappa shape index (κ1) is 19.9. The zero-order valence-corrected chi connectivity index (χ0v) is 16.5. The Balaban J connectivity index is 1.50.